The highest BCUT2D eigenvalue weighted by Crippen LogP contribution is 2.16. The molecule has 1 aromatic heterocycles. The molecular formula is C10H15N3O3S. The Morgan fingerprint density at radius 3 is 2.94 bits per heavy atom. The van der Waals surface area contributed by atoms with Gasteiger partial charge in [0.2, 0.25) is 0 Å². The number of anilines is 1. The summed E-state index contributed by atoms with van der Waals surface area (Å²) in [6, 6.07) is -0.279. The fourth-order valence-corrected chi connectivity index (χ4v) is 1.94. The second-order valence-corrected chi connectivity index (χ2v) is 4.23. The number of hydrogen-bond donors (Lipinski definition) is 3. The molecule has 0 spiro atoms. The smallest absolute Gasteiger partial charge is 0.321 e. The molecule has 0 saturated carbocycles. The fraction of sp³-hybridized carbons (Fsp3) is 0.500. The molecule has 0 aromatic carbocycles. The van der Waals surface area contributed by atoms with Gasteiger partial charge >= 0.3 is 12.0 Å². The maximum atomic E-state index is 11.2. The minimum atomic E-state index is -0.805. The first-order chi connectivity index (χ1) is 8.11. The molecule has 1 rings (SSSR count). The van der Waals surface area contributed by atoms with Crippen molar-refractivity contribution in [2.75, 3.05) is 11.9 Å². The van der Waals surface area contributed by atoms with Crippen LogP contribution in [0.3, 0.4) is 0 Å². The molecule has 0 atom stereocenters. The first-order valence-electron chi connectivity index (χ1n) is 5.33. The van der Waals surface area contributed by atoms with Crippen LogP contribution in [0, 0.1) is 0 Å². The van der Waals surface area contributed by atoms with Gasteiger partial charge in [0.15, 0.2) is 5.13 Å². The van der Waals surface area contributed by atoms with E-state index in [0.717, 1.165) is 5.69 Å². The number of aliphatic carboxylic acids is 1. The molecule has 94 valence electrons. The number of amides is 2. The van der Waals surface area contributed by atoms with Crippen LogP contribution in [0.4, 0.5) is 9.93 Å². The summed E-state index contributed by atoms with van der Waals surface area (Å²) in [4.78, 5) is 25.7. The van der Waals surface area contributed by atoms with E-state index in [1.807, 2.05) is 12.3 Å². The highest BCUT2D eigenvalue weighted by atomic mass is 32.1. The number of urea groups is 1. The second-order valence-electron chi connectivity index (χ2n) is 3.38. The van der Waals surface area contributed by atoms with Gasteiger partial charge in [-0.15, -0.1) is 11.3 Å². The van der Waals surface area contributed by atoms with E-state index in [2.05, 4.69) is 15.6 Å². The van der Waals surface area contributed by atoms with Crippen LogP contribution in [0.2, 0.25) is 0 Å². The molecule has 1 aromatic rings. The Bertz CT molecular complexity index is 392. The lowest BCUT2D eigenvalue weighted by Gasteiger charge is -2.00. The summed E-state index contributed by atoms with van der Waals surface area (Å²) >= 11 is 1.33. The van der Waals surface area contributed by atoms with Crippen LogP contribution >= 0.6 is 11.3 Å². The third-order valence-electron chi connectivity index (χ3n) is 1.93. The van der Waals surface area contributed by atoms with Gasteiger partial charge in [0.1, 0.15) is 0 Å². The Kier molecular flexibility index (Phi) is 5.41. The fourth-order valence-electron chi connectivity index (χ4n) is 1.20. The number of carboxylic acids is 1. The third-order valence-corrected chi connectivity index (χ3v) is 2.74. The van der Waals surface area contributed by atoms with Gasteiger partial charge in [-0.2, -0.15) is 0 Å². The molecule has 0 aliphatic carbocycles. The Morgan fingerprint density at radius 1 is 1.53 bits per heavy atom. The molecule has 0 unspecified atom stereocenters. The van der Waals surface area contributed by atoms with E-state index in [1.54, 1.807) is 0 Å². The maximum Gasteiger partial charge on any atom is 0.321 e. The number of nitrogens with zero attached hydrogens (tertiary/aromatic N) is 1. The number of carboxylic acid groups (broad SMARTS) is 1. The highest BCUT2D eigenvalue weighted by Gasteiger charge is 2.06. The number of rotatable bonds is 6. The first-order valence-corrected chi connectivity index (χ1v) is 6.20. The molecule has 3 N–H and O–H groups in total. The number of carbonyl (C=O) groups is 2. The van der Waals surface area contributed by atoms with Gasteiger partial charge in [0.25, 0.3) is 0 Å². The molecule has 7 heteroatoms. The van der Waals surface area contributed by atoms with Crippen LogP contribution < -0.4 is 10.6 Å². The van der Waals surface area contributed by atoms with Gasteiger partial charge in [-0.05, 0) is 19.8 Å². The van der Waals surface area contributed by atoms with Gasteiger partial charge in [-0.3, -0.25) is 10.1 Å². The number of thiazole rings is 1. The number of aryl methyl sites for hydroxylation is 1. The van der Waals surface area contributed by atoms with Crippen molar-refractivity contribution in [2.45, 2.75) is 26.2 Å². The predicted octanol–water partition coefficient (Wildman–Crippen LogP) is 1.69. The summed E-state index contributed by atoms with van der Waals surface area (Å²) in [5.74, 6) is -0.805. The Balaban J connectivity index is 2.37. The number of aromatic nitrogens is 1. The minimum Gasteiger partial charge on any atom is -0.481 e. The molecule has 17 heavy (non-hydrogen) atoms. The monoisotopic (exact) mass is 257 g/mol. The first kappa shape index (κ1) is 13.4. The Labute approximate surface area is 103 Å². The summed E-state index contributed by atoms with van der Waals surface area (Å²) in [5, 5.41) is 16.0. The molecule has 0 bridgehead atoms. The van der Waals surface area contributed by atoms with E-state index in [1.165, 1.54) is 11.3 Å². The molecule has 0 radical (unpaired) electrons. The van der Waals surface area contributed by atoms with E-state index in [9.17, 15) is 9.59 Å². The van der Waals surface area contributed by atoms with Crippen molar-refractivity contribution in [3.05, 3.63) is 11.1 Å². The summed E-state index contributed by atoms with van der Waals surface area (Å²) in [6.45, 7) is 2.39. The van der Waals surface area contributed by atoms with E-state index >= 15 is 0 Å². The minimum absolute atomic E-state index is 0.136. The second kappa shape index (κ2) is 6.85. The average molecular weight is 257 g/mol. The predicted molar refractivity (Wildman–Crippen MR) is 65.4 cm³/mol. The van der Waals surface area contributed by atoms with E-state index in [4.69, 9.17) is 5.11 Å². The summed E-state index contributed by atoms with van der Waals surface area (Å²) in [5.41, 5.74) is 0.808. The lowest BCUT2D eigenvalue weighted by molar-refractivity contribution is -0.137. The van der Waals surface area contributed by atoms with Crippen LogP contribution in [0.25, 0.3) is 0 Å². The maximum absolute atomic E-state index is 11.2. The van der Waals surface area contributed by atoms with Crippen LogP contribution in [-0.4, -0.2) is 28.6 Å². The Hall–Kier alpha value is -1.63. The zero-order valence-corrected chi connectivity index (χ0v) is 10.3. The number of carbonyl (C=O) groups excluding carboxylic acids is 1. The Morgan fingerprint density at radius 2 is 2.29 bits per heavy atom. The molecule has 0 saturated heterocycles. The van der Waals surface area contributed by atoms with Crippen molar-refractivity contribution >= 4 is 28.5 Å². The zero-order valence-electron chi connectivity index (χ0n) is 9.52. The van der Waals surface area contributed by atoms with Gasteiger partial charge in [-0.1, -0.05) is 0 Å². The summed E-state index contributed by atoms with van der Waals surface area (Å²) in [7, 11) is 0. The van der Waals surface area contributed by atoms with Gasteiger partial charge in [-0.25, -0.2) is 9.78 Å². The van der Waals surface area contributed by atoms with Gasteiger partial charge in [0, 0.05) is 18.3 Å². The SMILES string of the molecule is CCNC(=O)Nc1nc(CCCC(=O)O)cs1. The van der Waals surface area contributed by atoms with Crippen LogP contribution in [0.5, 0.6) is 0 Å². The van der Waals surface area contributed by atoms with Crippen molar-refractivity contribution in [2.24, 2.45) is 0 Å². The normalized spacial score (nSPS) is 9.94. The highest BCUT2D eigenvalue weighted by molar-refractivity contribution is 7.13. The van der Waals surface area contributed by atoms with Crippen molar-refractivity contribution in [3.8, 4) is 0 Å². The molecule has 6 nitrogen and oxygen atoms in total. The lowest BCUT2D eigenvalue weighted by atomic mass is 10.2. The van der Waals surface area contributed by atoms with Crippen molar-refractivity contribution in [3.63, 3.8) is 0 Å². The largest absolute Gasteiger partial charge is 0.481 e. The van der Waals surface area contributed by atoms with E-state index in [0.29, 0.717) is 24.5 Å². The molecule has 0 fully saturated rings. The van der Waals surface area contributed by atoms with Crippen molar-refractivity contribution < 1.29 is 14.7 Å². The molecule has 0 aliphatic rings. The van der Waals surface area contributed by atoms with Crippen LogP contribution in [0.15, 0.2) is 5.38 Å². The lowest BCUT2D eigenvalue weighted by Crippen LogP contribution is -2.28. The van der Waals surface area contributed by atoms with Gasteiger partial charge < -0.3 is 10.4 Å². The van der Waals surface area contributed by atoms with Crippen LogP contribution in [0.1, 0.15) is 25.5 Å². The number of hydrogen-bond acceptors (Lipinski definition) is 4. The number of nitrogens with one attached hydrogen (secondary N) is 2. The summed E-state index contributed by atoms with van der Waals surface area (Å²) in [6.07, 6.45) is 1.30. The zero-order chi connectivity index (χ0) is 12.7. The summed E-state index contributed by atoms with van der Waals surface area (Å²) < 4.78 is 0. The van der Waals surface area contributed by atoms with Crippen molar-refractivity contribution in [1.29, 1.82) is 0 Å². The standard InChI is InChI=1S/C10H15N3O3S/c1-2-11-9(16)13-10-12-7(6-17-10)4-3-5-8(14)15/h6H,2-5H2,1H3,(H,14,15)(H2,11,12,13,16). The quantitative estimate of drug-likeness (QED) is 0.723. The third kappa shape index (κ3) is 5.30. The topological polar surface area (TPSA) is 91.3 Å². The van der Waals surface area contributed by atoms with Gasteiger partial charge in [0.05, 0.1) is 5.69 Å². The average Bonchev–Trinajstić information content (AvgIpc) is 2.65. The van der Waals surface area contributed by atoms with Crippen molar-refractivity contribution in [1.82, 2.24) is 10.3 Å². The van der Waals surface area contributed by atoms with E-state index < -0.39 is 5.97 Å². The molecular weight excluding hydrogens is 242 g/mol. The molecule has 0 aliphatic heterocycles. The molecule has 2 amide bonds. The molecule has 1 heterocycles. The van der Waals surface area contributed by atoms with Crippen LogP contribution in [-0.2, 0) is 11.2 Å². The van der Waals surface area contributed by atoms with E-state index in [-0.39, 0.29) is 12.5 Å².